The van der Waals surface area contributed by atoms with Crippen molar-refractivity contribution in [2.45, 2.75) is 77.2 Å². The van der Waals surface area contributed by atoms with Gasteiger partial charge >= 0.3 is 0 Å². The summed E-state index contributed by atoms with van der Waals surface area (Å²) in [5.41, 5.74) is 4.17. The monoisotopic (exact) mass is 496 g/mol. The van der Waals surface area contributed by atoms with Crippen LogP contribution in [0.3, 0.4) is 0 Å². The van der Waals surface area contributed by atoms with Crippen LogP contribution in [0.2, 0.25) is 0 Å². The molecule has 200 valence electrons. The smallest absolute Gasteiger partial charge is 0.164 e. The molecule has 0 fully saturated rings. The third-order valence-electron chi connectivity index (χ3n) is 7.48. The molecule has 1 N–H and O–H groups in total. The van der Waals surface area contributed by atoms with Gasteiger partial charge in [-0.25, -0.2) is 0 Å². The zero-order valence-electron chi connectivity index (χ0n) is 23.1. The van der Waals surface area contributed by atoms with Crippen LogP contribution in [-0.2, 0) is 19.3 Å². The number of nitrogens with zero attached hydrogens (tertiary/aromatic N) is 1. The maximum Gasteiger partial charge on any atom is 0.164 e. The largest absolute Gasteiger partial charge is 0.497 e. The highest BCUT2D eigenvalue weighted by Crippen LogP contribution is 2.38. The molecule has 0 saturated heterocycles. The summed E-state index contributed by atoms with van der Waals surface area (Å²) in [4.78, 5) is 2.75. The summed E-state index contributed by atoms with van der Waals surface area (Å²) in [7, 11) is 5.19. The molecule has 2 aromatic carbocycles. The van der Waals surface area contributed by atoms with Crippen LogP contribution in [0.5, 0.6) is 17.2 Å². The molecule has 5 nitrogen and oxygen atoms in total. The Morgan fingerprint density at radius 1 is 0.833 bits per heavy atom. The van der Waals surface area contributed by atoms with Crippen LogP contribution in [0.1, 0.15) is 68.6 Å². The topological polar surface area (TPSA) is 43.0 Å². The highest BCUT2D eigenvalue weighted by molar-refractivity contribution is 5.52. The Bertz CT molecular complexity index is 884. The van der Waals surface area contributed by atoms with Crippen LogP contribution in [0.25, 0.3) is 0 Å². The molecule has 1 aliphatic carbocycles. The fourth-order valence-electron chi connectivity index (χ4n) is 5.49. The molecule has 0 saturated carbocycles. The fourth-order valence-corrected chi connectivity index (χ4v) is 5.49. The predicted molar refractivity (Wildman–Crippen MR) is 150 cm³/mol. The van der Waals surface area contributed by atoms with Crippen LogP contribution in [0, 0.1) is 0 Å². The van der Waals surface area contributed by atoms with Crippen LogP contribution in [-0.4, -0.2) is 58.5 Å². The molecule has 0 aliphatic heterocycles. The Morgan fingerprint density at radius 3 is 2.33 bits per heavy atom. The number of rotatable bonds is 17. The summed E-state index contributed by atoms with van der Waals surface area (Å²) in [6, 6.07) is 13.4. The van der Waals surface area contributed by atoms with E-state index in [2.05, 4.69) is 41.4 Å². The van der Waals surface area contributed by atoms with Crippen molar-refractivity contribution in [3.05, 3.63) is 53.1 Å². The van der Waals surface area contributed by atoms with Crippen LogP contribution in [0.15, 0.2) is 36.4 Å². The third kappa shape index (κ3) is 8.41. The highest BCUT2D eigenvalue weighted by atomic mass is 16.5. The number of nitrogens with one attached hydrogen (secondary N) is 1. The van der Waals surface area contributed by atoms with E-state index in [4.69, 9.17) is 14.2 Å². The number of fused-ring (bicyclic) bond motifs is 1. The van der Waals surface area contributed by atoms with Gasteiger partial charge in [-0.2, -0.15) is 0 Å². The summed E-state index contributed by atoms with van der Waals surface area (Å²) in [5.74, 6) is 2.72. The van der Waals surface area contributed by atoms with Crippen molar-refractivity contribution in [1.29, 1.82) is 0 Å². The van der Waals surface area contributed by atoms with E-state index < -0.39 is 0 Å². The summed E-state index contributed by atoms with van der Waals surface area (Å²) in [5, 5.41) is 3.62. The molecule has 0 radical (unpaired) electrons. The Hall–Kier alpha value is -2.24. The number of ether oxygens (including phenoxy) is 3. The van der Waals surface area contributed by atoms with Crippen molar-refractivity contribution in [1.82, 2.24) is 10.2 Å². The summed E-state index contributed by atoms with van der Waals surface area (Å²) in [6.07, 6.45) is 12.1. The first kappa shape index (κ1) is 28.3. The number of hydrogen-bond donors (Lipinski definition) is 1. The van der Waals surface area contributed by atoms with E-state index in [-0.39, 0.29) is 0 Å². The summed E-state index contributed by atoms with van der Waals surface area (Å²) >= 11 is 0. The fraction of sp³-hybridized carbons (Fsp3) is 0.613. The quantitative estimate of drug-likeness (QED) is 0.270. The molecule has 0 amide bonds. The molecule has 0 bridgehead atoms. The average molecular weight is 497 g/mol. The summed E-state index contributed by atoms with van der Waals surface area (Å²) < 4.78 is 16.4. The van der Waals surface area contributed by atoms with Gasteiger partial charge in [0.15, 0.2) is 11.5 Å². The van der Waals surface area contributed by atoms with Crippen molar-refractivity contribution in [2.24, 2.45) is 0 Å². The molecule has 36 heavy (non-hydrogen) atoms. The highest BCUT2D eigenvalue weighted by Gasteiger charge is 2.27. The molecule has 1 aliphatic rings. The van der Waals surface area contributed by atoms with E-state index in [0.717, 1.165) is 49.6 Å². The van der Waals surface area contributed by atoms with E-state index in [1.54, 1.807) is 21.3 Å². The Kier molecular flexibility index (Phi) is 12.4. The SMILES string of the molecule is CCCN(CCCCCCNCCCc1ccc(OC)cc1)C1CCc2c(ccc(OC)c2OC)C1. The van der Waals surface area contributed by atoms with E-state index in [1.165, 1.54) is 74.7 Å². The second kappa shape index (κ2) is 15.8. The first-order chi connectivity index (χ1) is 17.7. The van der Waals surface area contributed by atoms with Gasteiger partial charge in [-0.3, -0.25) is 0 Å². The normalized spacial score (nSPS) is 15.1. The number of methoxy groups -OCH3 is 3. The maximum absolute atomic E-state index is 5.69. The van der Waals surface area contributed by atoms with Gasteiger partial charge in [0, 0.05) is 11.6 Å². The van der Waals surface area contributed by atoms with Crippen LogP contribution in [0.4, 0.5) is 0 Å². The van der Waals surface area contributed by atoms with Crippen LogP contribution >= 0.6 is 0 Å². The van der Waals surface area contributed by atoms with Crippen molar-refractivity contribution in [3.8, 4) is 17.2 Å². The maximum atomic E-state index is 5.69. The van der Waals surface area contributed by atoms with Crippen molar-refractivity contribution in [3.63, 3.8) is 0 Å². The van der Waals surface area contributed by atoms with Gasteiger partial charge in [0.1, 0.15) is 5.75 Å². The Morgan fingerprint density at radius 2 is 1.61 bits per heavy atom. The second-order valence-corrected chi connectivity index (χ2v) is 9.99. The minimum absolute atomic E-state index is 0.642. The van der Waals surface area contributed by atoms with E-state index in [0.29, 0.717) is 6.04 Å². The first-order valence-electron chi connectivity index (χ1n) is 14.0. The Labute approximate surface area is 219 Å². The van der Waals surface area contributed by atoms with E-state index >= 15 is 0 Å². The molecular weight excluding hydrogens is 448 g/mol. The van der Waals surface area contributed by atoms with Gasteiger partial charge in [-0.05, 0) is 107 Å². The lowest BCUT2D eigenvalue weighted by atomic mass is 9.86. The summed E-state index contributed by atoms with van der Waals surface area (Å²) in [6.45, 7) is 6.94. The third-order valence-corrected chi connectivity index (χ3v) is 7.48. The lowest BCUT2D eigenvalue weighted by Gasteiger charge is -2.36. The minimum Gasteiger partial charge on any atom is -0.497 e. The lowest BCUT2D eigenvalue weighted by molar-refractivity contribution is 0.175. The zero-order chi connectivity index (χ0) is 25.6. The number of unbranched alkanes of at least 4 members (excludes halogenated alkanes) is 3. The molecule has 5 heteroatoms. The lowest BCUT2D eigenvalue weighted by Crippen LogP contribution is -2.40. The number of hydrogen-bond acceptors (Lipinski definition) is 5. The standard InChI is InChI=1S/C31H48N2O3/c1-5-22-33(27-15-18-29-26(24-27)14-19-30(35-3)31(29)36-4)23-9-7-6-8-20-32-21-10-11-25-12-16-28(34-2)17-13-25/h12-14,16-17,19,27,32H,5-11,15,18,20-24H2,1-4H3. The molecule has 1 unspecified atom stereocenters. The Balaban J connectivity index is 1.30. The average Bonchev–Trinajstić information content (AvgIpc) is 2.92. The van der Waals surface area contributed by atoms with Gasteiger partial charge in [0.05, 0.1) is 21.3 Å². The molecule has 0 aromatic heterocycles. The first-order valence-corrected chi connectivity index (χ1v) is 14.0. The van der Waals surface area contributed by atoms with Crippen molar-refractivity contribution < 1.29 is 14.2 Å². The van der Waals surface area contributed by atoms with Gasteiger partial charge in [0.2, 0.25) is 0 Å². The number of benzene rings is 2. The van der Waals surface area contributed by atoms with Gasteiger partial charge < -0.3 is 24.4 Å². The van der Waals surface area contributed by atoms with Gasteiger partial charge in [0.25, 0.3) is 0 Å². The van der Waals surface area contributed by atoms with Gasteiger partial charge in [-0.1, -0.05) is 38.0 Å². The van der Waals surface area contributed by atoms with Crippen LogP contribution < -0.4 is 19.5 Å². The second-order valence-electron chi connectivity index (χ2n) is 9.99. The zero-order valence-corrected chi connectivity index (χ0v) is 23.1. The van der Waals surface area contributed by atoms with E-state index in [9.17, 15) is 0 Å². The van der Waals surface area contributed by atoms with E-state index in [1.807, 2.05) is 12.1 Å². The molecule has 3 rings (SSSR count). The minimum atomic E-state index is 0.642. The van der Waals surface area contributed by atoms with Crippen molar-refractivity contribution in [2.75, 3.05) is 47.5 Å². The molecule has 0 spiro atoms. The molecule has 1 atom stereocenters. The molecule has 2 aromatic rings. The number of aryl methyl sites for hydroxylation is 1. The van der Waals surface area contributed by atoms with Crippen molar-refractivity contribution >= 4 is 0 Å². The van der Waals surface area contributed by atoms with Gasteiger partial charge in [-0.15, -0.1) is 0 Å². The molecule has 0 heterocycles. The predicted octanol–water partition coefficient (Wildman–Crippen LogP) is 6.06. The molecular formula is C31H48N2O3.